The van der Waals surface area contributed by atoms with E-state index >= 15 is 0 Å². The van der Waals surface area contributed by atoms with Crippen molar-refractivity contribution in [3.05, 3.63) is 35.2 Å². The van der Waals surface area contributed by atoms with E-state index in [4.69, 9.17) is 21.2 Å². The third-order valence-electron chi connectivity index (χ3n) is 2.58. The molecule has 0 bridgehead atoms. The second-order valence-electron chi connectivity index (χ2n) is 4.16. The predicted octanol–water partition coefficient (Wildman–Crippen LogP) is 3.39. The molecule has 102 valence electrons. The lowest BCUT2D eigenvalue weighted by Crippen LogP contribution is -1.99. The van der Waals surface area contributed by atoms with Gasteiger partial charge in [0.25, 0.3) is 0 Å². The van der Waals surface area contributed by atoms with Crippen molar-refractivity contribution in [2.75, 3.05) is 6.61 Å². The van der Waals surface area contributed by atoms with E-state index in [1.165, 1.54) is 0 Å². The first-order valence-corrected chi connectivity index (χ1v) is 7.42. The van der Waals surface area contributed by atoms with Crippen LogP contribution in [0.25, 0.3) is 11.4 Å². The van der Waals surface area contributed by atoms with E-state index in [1.54, 1.807) is 23.9 Å². The predicted molar refractivity (Wildman–Crippen MR) is 77.2 cm³/mol. The van der Waals surface area contributed by atoms with Crippen LogP contribution in [0, 0.1) is 0 Å². The van der Waals surface area contributed by atoms with Crippen LogP contribution in [0.4, 0.5) is 0 Å². The standard InChI is InChI=1S/C13H15ClN2O2S/c1-9(5-6-17)19-8-12-15-13(16-18-12)10-3-2-4-11(14)7-10/h2-4,7,9,17H,5-6,8H2,1H3. The minimum atomic E-state index is 0.200. The molecule has 0 saturated heterocycles. The zero-order valence-electron chi connectivity index (χ0n) is 10.5. The maximum absolute atomic E-state index is 8.84. The largest absolute Gasteiger partial charge is 0.396 e. The summed E-state index contributed by atoms with van der Waals surface area (Å²) in [6.45, 7) is 2.26. The molecule has 0 radical (unpaired) electrons. The molecule has 0 aliphatic carbocycles. The van der Waals surface area contributed by atoms with Crippen molar-refractivity contribution in [1.29, 1.82) is 0 Å². The molecule has 19 heavy (non-hydrogen) atoms. The molecule has 4 nitrogen and oxygen atoms in total. The van der Waals surface area contributed by atoms with Gasteiger partial charge in [-0.25, -0.2) is 0 Å². The third-order valence-corrected chi connectivity index (χ3v) is 4.03. The average Bonchev–Trinajstić information content (AvgIpc) is 2.85. The first kappa shape index (κ1) is 14.4. The monoisotopic (exact) mass is 298 g/mol. The highest BCUT2D eigenvalue weighted by Crippen LogP contribution is 2.23. The van der Waals surface area contributed by atoms with Gasteiger partial charge in [0.2, 0.25) is 11.7 Å². The molecule has 0 amide bonds. The van der Waals surface area contributed by atoms with E-state index in [2.05, 4.69) is 17.1 Å². The first-order chi connectivity index (χ1) is 9.19. The molecule has 1 aromatic carbocycles. The second-order valence-corrected chi connectivity index (χ2v) is 6.02. The Morgan fingerprint density at radius 1 is 1.47 bits per heavy atom. The Kier molecular flexibility index (Phi) is 5.24. The summed E-state index contributed by atoms with van der Waals surface area (Å²) in [5, 5.41) is 13.8. The van der Waals surface area contributed by atoms with Gasteiger partial charge in [0, 0.05) is 22.4 Å². The van der Waals surface area contributed by atoms with E-state index in [9.17, 15) is 0 Å². The molecule has 1 aromatic heterocycles. The Morgan fingerprint density at radius 2 is 2.32 bits per heavy atom. The van der Waals surface area contributed by atoms with E-state index in [-0.39, 0.29) is 6.61 Å². The van der Waals surface area contributed by atoms with Gasteiger partial charge < -0.3 is 9.63 Å². The number of aliphatic hydroxyl groups is 1. The Labute approximate surface area is 121 Å². The SMILES string of the molecule is CC(CCO)SCc1nc(-c2cccc(Cl)c2)no1. The summed E-state index contributed by atoms with van der Waals surface area (Å²) in [4.78, 5) is 4.33. The zero-order chi connectivity index (χ0) is 13.7. The maximum atomic E-state index is 8.84. The average molecular weight is 299 g/mol. The molecule has 0 spiro atoms. The van der Waals surface area contributed by atoms with Crippen molar-refractivity contribution >= 4 is 23.4 Å². The van der Waals surface area contributed by atoms with Crippen LogP contribution < -0.4 is 0 Å². The quantitative estimate of drug-likeness (QED) is 0.886. The van der Waals surface area contributed by atoms with Gasteiger partial charge in [-0.15, -0.1) is 11.8 Å². The third kappa shape index (κ3) is 4.23. The maximum Gasteiger partial charge on any atom is 0.236 e. The van der Waals surface area contributed by atoms with E-state index in [0.29, 0.717) is 27.7 Å². The summed E-state index contributed by atoms with van der Waals surface area (Å²) in [5.41, 5.74) is 0.843. The Morgan fingerprint density at radius 3 is 3.05 bits per heavy atom. The number of halogens is 1. The number of benzene rings is 1. The van der Waals surface area contributed by atoms with E-state index in [1.807, 2.05) is 12.1 Å². The van der Waals surface area contributed by atoms with Crippen LogP contribution in [0.1, 0.15) is 19.2 Å². The molecule has 0 aliphatic heterocycles. The van der Waals surface area contributed by atoms with Crippen molar-refractivity contribution in [2.24, 2.45) is 0 Å². The van der Waals surface area contributed by atoms with E-state index in [0.717, 1.165) is 12.0 Å². The molecule has 6 heteroatoms. The fourth-order valence-electron chi connectivity index (χ4n) is 1.54. The minimum absolute atomic E-state index is 0.200. The Bertz CT molecular complexity index is 533. The van der Waals surface area contributed by atoms with Crippen LogP contribution in [-0.2, 0) is 5.75 Å². The zero-order valence-corrected chi connectivity index (χ0v) is 12.1. The number of hydrogen-bond donors (Lipinski definition) is 1. The van der Waals surface area contributed by atoms with E-state index < -0.39 is 0 Å². The number of thioether (sulfide) groups is 1. The van der Waals surface area contributed by atoms with Crippen molar-refractivity contribution in [3.63, 3.8) is 0 Å². The number of rotatable bonds is 6. The number of aromatic nitrogens is 2. The summed E-state index contributed by atoms with van der Waals surface area (Å²) < 4.78 is 5.20. The highest BCUT2D eigenvalue weighted by molar-refractivity contribution is 7.99. The lowest BCUT2D eigenvalue weighted by atomic mass is 10.2. The minimum Gasteiger partial charge on any atom is -0.396 e. The topological polar surface area (TPSA) is 59.2 Å². The Balaban J connectivity index is 1.99. The molecule has 2 aromatic rings. The fraction of sp³-hybridized carbons (Fsp3) is 0.385. The van der Waals surface area contributed by atoms with Gasteiger partial charge in [0.05, 0.1) is 5.75 Å². The molecule has 1 atom stereocenters. The smallest absolute Gasteiger partial charge is 0.236 e. The molecular weight excluding hydrogens is 284 g/mol. The van der Waals surface area contributed by atoms with Gasteiger partial charge in [-0.1, -0.05) is 35.8 Å². The molecule has 0 saturated carbocycles. The van der Waals surface area contributed by atoms with Crippen molar-refractivity contribution in [1.82, 2.24) is 10.1 Å². The van der Waals surface area contributed by atoms with Crippen LogP contribution in [0.2, 0.25) is 5.02 Å². The lowest BCUT2D eigenvalue weighted by molar-refractivity contribution is 0.289. The lowest BCUT2D eigenvalue weighted by Gasteiger charge is -2.05. The summed E-state index contributed by atoms with van der Waals surface area (Å²) in [7, 11) is 0. The van der Waals surface area contributed by atoms with Gasteiger partial charge in [0.15, 0.2) is 0 Å². The van der Waals surface area contributed by atoms with Crippen molar-refractivity contribution in [3.8, 4) is 11.4 Å². The molecule has 1 N–H and O–H groups in total. The molecule has 1 unspecified atom stereocenters. The van der Waals surface area contributed by atoms with Gasteiger partial charge in [0.1, 0.15) is 0 Å². The van der Waals surface area contributed by atoms with Crippen LogP contribution in [-0.4, -0.2) is 27.1 Å². The highest BCUT2D eigenvalue weighted by Gasteiger charge is 2.10. The first-order valence-electron chi connectivity index (χ1n) is 6.00. The molecule has 0 aliphatic rings. The van der Waals surface area contributed by atoms with Crippen LogP contribution in [0.5, 0.6) is 0 Å². The molecular formula is C13H15ClN2O2S. The molecule has 2 rings (SSSR count). The second kappa shape index (κ2) is 6.93. The Hall–Kier alpha value is -1.04. The van der Waals surface area contributed by atoms with Gasteiger partial charge in [-0.3, -0.25) is 0 Å². The number of nitrogens with zero attached hydrogens (tertiary/aromatic N) is 2. The molecule has 0 fully saturated rings. The normalized spacial score (nSPS) is 12.6. The fourth-order valence-corrected chi connectivity index (χ4v) is 2.54. The van der Waals surface area contributed by atoms with Crippen LogP contribution in [0.3, 0.4) is 0 Å². The van der Waals surface area contributed by atoms with Crippen LogP contribution >= 0.6 is 23.4 Å². The highest BCUT2D eigenvalue weighted by atomic mass is 35.5. The van der Waals surface area contributed by atoms with Gasteiger partial charge in [-0.05, 0) is 18.6 Å². The van der Waals surface area contributed by atoms with Crippen molar-refractivity contribution < 1.29 is 9.63 Å². The summed E-state index contributed by atoms with van der Waals surface area (Å²) in [5.74, 6) is 1.78. The summed E-state index contributed by atoms with van der Waals surface area (Å²) >= 11 is 7.61. The summed E-state index contributed by atoms with van der Waals surface area (Å²) in [6.07, 6.45) is 0.764. The molecule has 1 heterocycles. The van der Waals surface area contributed by atoms with Crippen LogP contribution in [0.15, 0.2) is 28.8 Å². The van der Waals surface area contributed by atoms with Crippen molar-refractivity contribution in [2.45, 2.75) is 24.3 Å². The van der Waals surface area contributed by atoms with Gasteiger partial charge >= 0.3 is 0 Å². The summed E-state index contributed by atoms with van der Waals surface area (Å²) in [6, 6.07) is 7.35. The number of hydrogen-bond acceptors (Lipinski definition) is 5. The van der Waals surface area contributed by atoms with Gasteiger partial charge in [-0.2, -0.15) is 4.98 Å². The number of aliphatic hydroxyl groups excluding tert-OH is 1.